The molecule has 0 amide bonds. The molecule has 3 heteroatoms. The summed E-state index contributed by atoms with van der Waals surface area (Å²) in [6, 6.07) is 6.94. The predicted octanol–water partition coefficient (Wildman–Crippen LogP) is 4.85. The van der Waals surface area contributed by atoms with Gasteiger partial charge in [0.1, 0.15) is 0 Å². The van der Waals surface area contributed by atoms with E-state index in [1.165, 1.54) is 43.4 Å². The number of hydrogen-bond acceptors (Lipinski definition) is 2. The Balaban J connectivity index is 2.10. The monoisotopic (exact) mass is 308 g/mol. The molecule has 0 spiro atoms. The number of nitrogens with zero attached hydrogens (tertiary/aromatic N) is 1. The lowest BCUT2D eigenvalue weighted by molar-refractivity contribution is 0.313. The van der Waals surface area contributed by atoms with Crippen molar-refractivity contribution < 1.29 is 0 Å². The Bertz CT molecular complexity index is 439. The van der Waals surface area contributed by atoms with Crippen molar-refractivity contribution in [3.8, 4) is 0 Å². The van der Waals surface area contributed by atoms with Crippen LogP contribution in [0.1, 0.15) is 51.5 Å². The van der Waals surface area contributed by atoms with Crippen molar-refractivity contribution in [3.05, 3.63) is 28.8 Å². The van der Waals surface area contributed by atoms with Crippen LogP contribution in [0.5, 0.6) is 0 Å². The molecule has 0 radical (unpaired) electrons. The maximum atomic E-state index is 6.23. The molecule has 1 N–H and O–H groups in total. The van der Waals surface area contributed by atoms with Crippen molar-refractivity contribution >= 4 is 17.3 Å². The number of nitrogens with one attached hydrogen (secondary N) is 1. The van der Waals surface area contributed by atoms with Crippen molar-refractivity contribution in [2.24, 2.45) is 5.92 Å². The van der Waals surface area contributed by atoms with Gasteiger partial charge in [0.05, 0.1) is 0 Å². The fourth-order valence-corrected chi connectivity index (χ4v) is 3.58. The van der Waals surface area contributed by atoms with Gasteiger partial charge in [-0.3, -0.25) is 0 Å². The van der Waals surface area contributed by atoms with Gasteiger partial charge in [0, 0.05) is 30.3 Å². The first-order valence-electron chi connectivity index (χ1n) is 8.37. The molecule has 0 atom stereocenters. The summed E-state index contributed by atoms with van der Waals surface area (Å²) < 4.78 is 0. The van der Waals surface area contributed by atoms with Crippen LogP contribution in [-0.4, -0.2) is 19.6 Å². The predicted molar refractivity (Wildman–Crippen MR) is 93.3 cm³/mol. The van der Waals surface area contributed by atoms with E-state index in [9.17, 15) is 0 Å². The van der Waals surface area contributed by atoms with Gasteiger partial charge >= 0.3 is 0 Å². The van der Waals surface area contributed by atoms with E-state index in [4.69, 9.17) is 11.6 Å². The molecule has 1 aliphatic carbocycles. The molecule has 0 heterocycles. The molecule has 0 aliphatic heterocycles. The van der Waals surface area contributed by atoms with Gasteiger partial charge in [-0.2, -0.15) is 0 Å². The Kier molecular flexibility index (Phi) is 6.38. The Labute approximate surface area is 134 Å². The average molecular weight is 309 g/mol. The van der Waals surface area contributed by atoms with E-state index >= 15 is 0 Å². The van der Waals surface area contributed by atoms with Crippen LogP contribution in [0.25, 0.3) is 0 Å². The summed E-state index contributed by atoms with van der Waals surface area (Å²) in [4.78, 5) is 2.46. The highest BCUT2D eigenvalue weighted by atomic mass is 35.5. The number of halogens is 1. The van der Waals surface area contributed by atoms with Crippen LogP contribution in [-0.2, 0) is 6.54 Å². The van der Waals surface area contributed by atoms with E-state index in [-0.39, 0.29) is 0 Å². The van der Waals surface area contributed by atoms with E-state index < -0.39 is 0 Å². The molecule has 2 rings (SSSR count). The molecule has 2 nitrogen and oxygen atoms in total. The Morgan fingerprint density at radius 1 is 1.19 bits per heavy atom. The second-order valence-corrected chi connectivity index (χ2v) is 6.68. The van der Waals surface area contributed by atoms with E-state index in [1.807, 2.05) is 6.07 Å². The zero-order valence-corrected chi connectivity index (χ0v) is 14.4. The summed E-state index contributed by atoms with van der Waals surface area (Å²) in [5.41, 5.74) is 2.64. The summed E-state index contributed by atoms with van der Waals surface area (Å²) in [6.45, 7) is 6.37. The minimum atomic E-state index is 0.659. The summed E-state index contributed by atoms with van der Waals surface area (Å²) in [5, 5.41) is 4.26. The number of hydrogen-bond donors (Lipinski definition) is 1. The highest BCUT2D eigenvalue weighted by Gasteiger charge is 2.24. The molecule has 0 unspecified atom stereocenters. The fourth-order valence-electron chi connectivity index (χ4n) is 3.41. The quantitative estimate of drug-likeness (QED) is 0.807. The molecule has 1 aromatic carbocycles. The second-order valence-electron chi connectivity index (χ2n) is 6.25. The van der Waals surface area contributed by atoms with Crippen LogP contribution in [0.4, 0.5) is 5.69 Å². The summed E-state index contributed by atoms with van der Waals surface area (Å²) in [5.74, 6) is 0.940. The lowest BCUT2D eigenvalue weighted by atomic mass is 9.84. The van der Waals surface area contributed by atoms with Gasteiger partial charge in [-0.25, -0.2) is 0 Å². The molecule has 1 saturated carbocycles. The van der Waals surface area contributed by atoms with Crippen molar-refractivity contribution in [3.63, 3.8) is 0 Å². The van der Waals surface area contributed by atoms with Crippen LogP contribution in [0.15, 0.2) is 18.2 Å². The highest BCUT2D eigenvalue weighted by Crippen LogP contribution is 2.33. The summed E-state index contributed by atoms with van der Waals surface area (Å²) >= 11 is 6.23. The zero-order chi connectivity index (χ0) is 15.2. The summed E-state index contributed by atoms with van der Waals surface area (Å²) in [7, 11) is 2.23. The first-order chi connectivity index (χ1) is 10.2. The van der Waals surface area contributed by atoms with Gasteiger partial charge in [-0.15, -0.1) is 0 Å². The Hall–Kier alpha value is -0.730. The topological polar surface area (TPSA) is 15.3 Å². The first kappa shape index (κ1) is 16.6. The van der Waals surface area contributed by atoms with Crippen LogP contribution in [0, 0.1) is 5.92 Å². The molecular weight excluding hydrogens is 280 g/mol. The van der Waals surface area contributed by atoms with E-state index in [1.54, 1.807) is 0 Å². The maximum absolute atomic E-state index is 6.23. The zero-order valence-electron chi connectivity index (χ0n) is 13.7. The molecule has 0 aromatic heterocycles. The van der Waals surface area contributed by atoms with Crippen LogP contribution in [0.2, 0.25) is 5.02 Å². The SMILES string of the molecule is CCNCc1ccc(Cl)cc1N(C)C1CCC(CC)CC1. The van der Waals surface area contributed by atoms with E-state index in [0.29, 0.717) is 6.04 Å². The lowest BCUT2D eigenvalue weighted by Crippen LogP contribution is -2.36. The van der Waals surface area contributed by atoms with Crippen LogP contribution in [0.3, 0.4) is 0 Å². The van der Waals surface area contributed by atoms with Crippen molar-refractivity contribution in [2.75, 3.05) is 18.5 Å². The molecule has 1 fully saturated rings. The van der Waals surface area contributed by atoms with Gasteiger partial charge in [0.2, 0.25) is 0 Å². The molecule has 1 aromatic rings. The van der Waals surface area contributed by atoms with Crippen LogP contribution >= 0.6 is 11.6 Å². The lowest BCUT2D eigenvalue weighted by Gasteiger charge is -2.37. The second kappa shape index (κ2) is 8.05. The largest absolute Gasteiger partial charge is 0.371 e. The van der Waals surface area contributed by atoms with E-state index in [2.05, 4.69) is 43.2 Å². The van der Waals surface area contributed by atoms with Crippen molar-refractivity contribution in [1.29, 1.82) is 0 Å². The van der Waals surface area contributed by atoms with Gasteiger partial charge in [-0.05, 0) is 55.8 Å². The molecule has 21 heavy (non-hydrogen) atoms. The Morgan fingerprint density at radius 2 is 1.90 bits per heavy atom. The van der Waals surface area contributed by atoms with E-state index in [0.717, 1.165) is 24.0 Å². The number of benzene rings is 1. The number of anilines is 1. The highest BCUT2D eigenvalue weighted by molar-refractivity contribution is 6.30. The maximum Gasteiger partial charge on any atom is 0.0426 e. The van der Waals surface area contributed by atoms with Gasteiger partial charge < -0.3 is 10.2 Å². The molecule has 118 valence electrons. The first-order valence-corrected chi connectivity index (χ1v) is 8.75. The number of rotatable bonds is 6. The molecule has 1 aliphatic rings. The van der Waals surface area contributed by atoms with Crippen molar-refractivity contribution in [2.45, 2.75) is 58.5 Å². The van der Waals surface area contributed by atoms with Gasteiger partial charge in [0.15, 0.2) is 0 Å². The van der Waals surface area contributed by atoms with Crippen molar-refractivity contribution in [1.82, 2.24) is 5.32 Å². The average Bonchev–Trinajstić information content (AvgIpc) is 2.53. The normalized spacial score (nSPS) is 22.3. The fraction of sp³-hybridized carbons (Fsp3) is 0.667. The van der Waals surface area contributed by atoms with Gasteiger partial charge in [-0.1, -0.05) is 37.9 Å². The molecule has 0 bridgehead atoms. The minimum Gasteiger partial charge on any atom is -0.371 e. The molecule has 0 saturated heterocycles. The third kappa shape index (κ3) is 4.37. The minimum absolute atomic E-state index is 0.659. The Morgan fingerprint density at radius 3 is 2.52 bits per heavy atom. The smallest absolute Gasteiger partial charge is 0.0426 e. The third-order valence-electron chi connectivity index (χ3n) is 4.93. The third-order valence-corrected chi connectivity index (χ3v) is 5.17. The standard InChI is InChI=1S/C18H29ClN2/c1-4-14-6-10-17(11-7-14)21(3)18-12-16(19)9-8-15(18)13-20-5-2/h8-9,12,14,17,20H,4-7,10-11,13H2,1-3H3. The summed E-state index contributed by atoms with van der Waals surface area (Å²) in [6.07, 6.45) is 6.69. The van der Waals surface area contributed by atoms with Crippen LogP contribution < -0.4 is 10.2 Å². The van der Waals surface area contributed by atoms with Gasteiger partial charge in [0.25, 0.3) is 0 Å². The molecular formula is C18H29ClN2.